The molecule has 1 fully saturated rings. The number of anilines is 1. The van der Waals surface area contributed by atoms with Crippen LogP contribution in [0.15, 0.2) is 36.4 Å². The average molecular weight is 321 g/mol. The van der Waals surface area contributed by atoms with Crippen LogP contribution in [0.3, 0.4) is 0 Å². The molecule has 1 aliphatic heterocycles. The third kappa shape index (κ3) is 2.48. The maximum absolute atomic E-state index is 13.5. The van der Waals surface area contributed by atoms with E-state index in [1.165, 1.54) is 6.07 Å². The molecule has 1 saturated heterocycles. The average Bonchev–Trinajstić information content (AvgIpc) is 2.83. The lowest BCUT2D eigenvalue weighted by Gasteiger charge is -2.16. The van der Waals surface area contributed by atoms with E-state index in [-0.39, 0.29) is 16.8 Å². The van der Waals surface area contributed by atoms with Crippen molar-refractivity contribution in [2.45, 2.75) is 0 Å². The van der Waals surface area contributed by atoms with E-state index in [9.17, 15) is 14.3 Å². The number of carbonyl (C=O) groups excluding carboxylic acids is 1. The number of carbonyl (C=O) groups is 1. The number of phenolic OH excluding ortho intramolecular Hbond substituents is 1. The van der Waals surface area contributed by atoms with Gasteiger partial charge in [-0.1, -0.05) is 23.7 Å². The number of hydrogen-bond donors (Lipinski definition) is 1. The number of rotatable bonds is 2. The molecule has 0 unspecified atom stereocenters. The Morgan fingerprint density at radius 3 is 2.45 bits per heavy atom. The lowest BCUT2D eigenvalue weighted by Crippen LogP contribution is -2.29. The zero-order chi connectivity index (χ0) is 15.9. The molecule has 0 aromatic heterocycles. The van der Waals surface area contributed by atoms with Crippen molar-refractivity contribution >= 4 is 23.3 Å². The molecule has 6 heteroatoms. The number of likely N-dealkylation sites (N-methyl/N-ethyl adjacent to an activating group) is 1. The van der Waals surface area contributed by atoms with Gasteiger partial charge in [0.15, 0.2) is 0 Å². The van der Waals surface area contributed by atoms with Crippen LogP contribution in [0, 0.1) is 5.82 Å². The Hall–Kier alpha value is -2.27. The molecule has 0 bridgehead atoms. The van der Waals surface area contributed by atoms with Gasteiger partial charge >= 0.3 is 6.03 Å². The van der Waals surface area contributed by atoms with E-state index in [0.29, 0.717) is 24.2 Å². The summed E-state index contributed by atoms with van der Waals surface area (Å²) in [6.45, 7) is 1.31. The highest BCUT2D eigenvalue weighted by atomic mass is 35.5. The van der Waals surface area contributed by atoms with Gasteiger partial charge in [-0.15, -0.1) is 0 Å². The second-order valence-electron chi connectivity index (χ2n) is 5.19. The number of halogens is 2. The van der Waals surface area contributed by atoms with Crippen LogP contribution in [-0.4, -0.2) is 36.2 Å². The summed E-state index contributed by atoms with van der Waals surface area (Å²) in [6, 6.07) is 9.23. The topological polar surface area (TPSA) is 43.8 Å². The molecule has 0 spiro atoms. The molecule has 2 amide bonds. The summed E-state index contributed by atoms with van der Waals surface area (Å²) in [5.74, 6) is -0.675. The molecule has 0 saturated carbocycles. The first-order chi connectivity index (χ1) is 10.5. The van der Waals surface area contributed by atoms with Gasteiger partial charge in [0, 0.05) is 31.4 Å². The molecule has 1 N–H and O–H groups in total. The summed E-state index contributed by atoms with van der Waals surface area (Å²) >= 11 is 5.79. The van der Waals surface area contributed by atoms with Crippen LogP contribution in [-0.2, 0) is 0 Å². The number of amides is 2. The molecule has 114 valence electrons. The maximum Gasteiger partial charge on any atom is 0.324 e. The van der Waals surface area contributed by atoms with Gasteiger partial charge in [0.05, 0.1) is 5.02 Å². The summed E-state index contributed by atoms with van der Waals surface area (Å²) in [4.78, 5) is 15.3. The predicted molar refractivity (Wildman–Crippen MR) is 83.9 cm³/mol. The van der Waals surface area contributed by atoms with E-state index in [1.807, 2.05) is 0 Å². The van der Waals surface area contributed by atoms with Crippen LogP contribution in [0.5, 0.6) is 5.75 Å². The largest absolute Gasteiger partial charge is 0.506 e. The third-order valence-corrected chi connectivity index (χ3v) is 4.02. The fourth-order valence-corrected chi connectivity index (χ4v) is 2.70. The molecule has 0 atom stereocenters. The first-order valence-electron chi connectivity index (χ1n) is 6.78. The summed E-state index contributed by atoms with van der Waals surface area (Å²) in [5, 5.41) is 9.93. The number of aromatic hydroxyl groups is 1. The molecule has 3 rings (SSSR count). The van der Waals surface area contributed by atoms with Crippen LogP contribution in [0.4, 0.5) is 14.9 Å². The van der Waals surface area contributed by atoms with Crippen molar-refractivity contribution in [2.24, 2.45) is 0 Å². The number of benzene rings is 2. The molecule has 0 radical (unpaired) electrons. The van der Waals surface area contributed by atoms with Crippen molar-refractivity contribution in [1.29, 1.82) is 0 Å². The molecule has 0 aliphatic carbocycles. The van der Waals surface area contributed by atoms with Crippen molar-refractivity contribution in [3.63, 3.8) is 0 Å². The molecule has 1 heterocycles. The van der Waals surface area contributed by atoms with Gasteiger partial charge in [0.2, 0.25) is 0 Å². The quantitative estimate of drug-likeness (QED) is 0.916. The number of nitrogens with zero attached hydrogens (tertiary/aromatic N) is 2. The van der Waals surface area contributed by atoms with E-state index >= 15 is 0 Å². The van der Waals surface area contributed by atoms with E-state index in [1.54, 1.807) is 41.1 Å². The zero-order valence-electron chi connectivity index (χ0n) is 11.9. The Morgan fingerprint density at radius 2 is 1.86 bits per heavy atom. The highest BCUT2D eigenvalue weighted by molar-refractivity contribution is 6.32. The lowest BCUT2D eigenvalue weighted by molar-refractivity contribution is 0.229. The van der Waals surface area contributed by atoms with Crippen molar-refractivity contribution in [2.75, 3.05) is 25.0 Å². The molecule has 2 aromatic carbocycles. The van der Waals surface area contributed by atoms with Crippen molar-refractivity contribution in [3.8, 4) is 16.9 Å². The van der Waals surface area contributed by atoms with Crippen molar-refractivity contribution in [3.05, 3.63) is 47.2 Å². The van der Waals surface area contributed by atoms with Crippen LogP contribution in [0.1, 0.15) is 0 Å². The van der Waals surface area contributed by atoms with Gasteiger partial charge in [-0.2, -0.15) is 0 Å². The minimum absolute atomic E-state index is 0.0320. The molecule has 2 aromatic rings. The highest BCUT2D eigenvalue weighted by Crippen LogP contribution is 2.36. The zero-order valence-corrected chi connectivity index (χ0v) is 12.6. The minimum atomic E-state index is -0.516. The van der Waals surface area contributed by atoms with Gasteiger partial charge in [-0.05, 0) is 29.8 Å². The van der Waals surface area contributed by atoms with Crippen LogP contribution in [0.25, 0.3) is 11.1 Å². The number of urea groups is 1. The van der Waals surface area contributed by atoms with Crippen LogP contribution < -0.4 is 4.90 Å². The summed E-state index contributed by atoms with van der Waals surface area (Å²) in [6.07, 6.45) is 0. The van der Waals surface area contributed by atoms with Gasteiger partial charge in [0.25, 0.3) is 0 Å². The van der Waals surface area contributed by atoms with E-state index in [4.69, 9.17) is 11.6 Å². The Balaban J connectivity index is 1.94. The monoisotopic (exact) mass is 320 g/mol. The molecule has 22 heavy (non-hydrogen) atoms. The smallest absolute Gasteiger partial charge is 0.324 e. The Kier molecular flexibility index (Phi) is 3.66. The molecular weight excluding hydrogens is 307 g/mol. The fraction of sp³-hybridized carbons (Fsp3) is 0.188. The van der Waals surface area contributed by atoms with E-state index < -0.39 is 5.82 Å². The second-order valence-corrected chi connectivity index (χ2v) is 5.59. The van der Waals surface area contributed by atoms with Gasteiger partial charge < -0.3 is 10.0 Å². The summed E-state index contributed by atoms with van der Waals surface area (Å²) < 4.78 is 13.5. The maximum atomic E-state index is 13.5. The van der Waals surface area contributed by atoms with Gasteiger partial charge in [0.1, 0.15) is 11.6 Å². The second kappa shape index (κ2) is 5.50. The third-order valence-electron chi connectivity index (χ3n) is 3.73. The Morgan fingerprint density at radius 1 is 1.18 bits per heavy atom. The molecular formula is C16H14ClFN2O2. The first kappa shape index (κ1) is 14.7. The van der Waals surface area contributed by atoms with E-state index in [0.717, 1.165) is 11.8 Å². The van der Waals surface area contributed by atoms with Crippen LogP contribution >= 0.6 is 11.6 Å². The standard InChI is InChI=1S/C16H14ClFN2O2/c1-19-6-7-20(16(19)22)12-4-2-10(3-5-12)13-8-11(18)9-14(17)15(13)21/h2-5,8-9,21H,6-7H2,1H3. The fourth-order valence-electron chi connectivity index (χ4n) is 2.49. The molecule has 1 aliphatic rings. The minimum Gasteiger partial charge on any atom is -0.506 e. The normalized spacial score (nSPS) is 14.8. The number of hydrogen-bond acceptors (Lipinski definition) is 2. The van der Waals surface area contributed by atoms with Crippen LogP contribution in [0.2, 0.25) is 5.02 Å². The first-order valence-corrected chi connectivity index (χ1v) is 7.16. The Bertz CT molecular complexity index is 734. The summed E-state index contributed by atoms with van der Waals surface area (Å²) in [5.41, 5.74) is 1.71. The van der Waals surface area contributed by atoms with Gasteiger partial charge in [-0.3, -0.25) is 4.90 Å². The van der Waals surface area contributed by atoms with Gasteiger partial charge in [-0.25, -0.2) is 9.18 Å². The van der Waals surface area contributed by atoms with Crippen molar-refractivity contribution in [1.82, 2.24) is 4.90 Å². The van der Waals surface area contributed by atoms with Crippen molar-refractivity contribution < 1.29 is 14.3 Å². The molecule has 4 nitrogen and oxygen atoms in total. The summed E-state index contributed by atoms with van der Waals surface area (Å²) in [7, 11) is 1.75. The number of phenols is 1. The Labute approximate surface area is 132 Å². The van der Waals surface area contributed by atoms with E-state index in [2.05, 4.69) is 0 Å². The predicted octanol–water partition coefficient (Wildman–Crippen LogP) is 3.72. The highest BCUT2D eigenvalue weighted by Gasteiger charge is 2.26. The lowest BCUT2D eigenvalue weighted by atomic mass is 10.0. The SMILES string of the molecule is CN1CCN(c2ccc(-c3cc(F)cc(Cl)c3O)cc2)C1=O.